The van der Waals surface area contributed by atoms with Crippen molar-refractivity contribution in [2.24, 2.45) is 0 Å². The first kappa shape index (κ1) is 34.6. The molecule has 4 heteroatoms. The van der Waals surface area contributed by atoms with Crippen molar-refractivity contribution in [2.75, 3.05) is 5.73 Å². The van der Waals surface area contributed by atoms with Crippen molar-refractivity contribution in [2.45, 2.75) is 19.8 Å². The summed E-state index contributed by atoms with van der Waals surface area (Å²) in [5.74, 6) is 0.982. The van der Waals surface area contributed by atoms with Gasteiger partial charge < -0.3 is 19.1 Å². The number of benzene rings is 9. The third-order valence-corrected chi connectivity index (χ3v) is 14.0. The molecule has 0 bridgehead atoms. The highest BCUT2D eigenvalue weighted by Gasteiger charge is 2.33. The molecule has 63 heavy (non-hydrogen) atoms. The molecular formula is C59H38N2O2. The number of hydrogen-bond donors (Lipinski definition) is 1. The molecule has 14 rings (SSSR count). The van der Waals surface area contributed by atoms with Gasteiger partial charge in [-0.05, 0) is 141 Å². The number of fused-ring (bicyclic) bond motifs is 11. The van der Waals surface area contributed by atoms with Crippen molar-refractivity contribution in [3.8, 4) is 61.5 Å². The van der Waals surface area contributed by atoms with Crippen LogP contribution >= 0.6 is 0 Å². The molecule has 0 saturated carbocycles. The van der Waals surface area contributed by atoms with E-state index >= 15 is 0 Å². The molecule has 296 valence electrons. The minimum absolute atomic E-state index is 0.762. The second-order valence-corrected chi connectivity index (χ2v) is 17.2. The quantitative estimate of drug-likeness (QED) is 0.180. The molecule has 0 radical (unpaired) electrons. The zero-order valence-corrected chi connectivity index (χ0v) is 34.5. The predicted molar refractivity (Wildman–Crippen MR) is 263 cm³/mol. The van der Waals surface area contributed by atoms with Gasteiger partial charge >= 0.3 is 0 Å². The van der Waals surface area contributed by atoms with Gasteiger partial charge in [0.05, 0.1) is 16.9 Å². The maximum atomic E-state index is 6.81. The van der Waals surface area contributed by atoms with Gasteiger partial charge in [-0.15, -0.1) is 0 Å². The fourth-order valence-electron chi connectivity index (χ4n) is 11.3. The number of nitrogen functional groups attached to an aromatic ring is 1. The van der Waals surface area contributed by atoms with Crippen molar-refractivity contribution >= 4 is 77.1 Å². The average molecular weight is 807 g/mol. The lowest BCUT2D eigenvalue weighted by molar-refractivity contribution is 0.595. The number of para-hydroxylation sites is 3. The molecule has 0 amide bonds. The minimum atomic E-state index is 0.762. The Bertz CT molecular complexity index is 4000. The van der Waals surface area contributed by atoms with E-state index in [0.717, 1.165) is 79.8 Å². The van der Waals surface area contributed by atoms with Gasteiger partial charge in [-0.3, -0.25) is 0 Å². The standard InChI is InChI=1S/C59H38N2O2/c1-33-36-13-5-9-22-48(36)61(59(33)41-18-4-8-21-47(41)60)49-28-27-44-56-42(49)19-12-20-43(56)57-54(34-25-29-52-45(31-34)37-14-6-10-23-50(37)62-52)39-16-2-3-17-40(39)55(58(44)57)35-26-30-53-46(32-35)38-15-7-11-24-51(38)63-53/h2-6,8-14,16-32H,7,15,60H2,1H3. The van der Waals surface area contributed by atoms with Gasteiger partial charge in [-0.2, -0.15) is 0 Å². The summed E-state index contributed by atoms with van der Waals surface area (Å²) in [6.07, 6.45) is 6.35. The van der Waals surface area contributed by atoms with Crippen molar-refractivity contribution < 1.29 is 8.83 Å². The summed E-state index contributed by atoms with van der Waals surface area (Å²) in [6, 6.07) is 59.6. The Morgan fingerprint density at radius 3 is 1.90 bits per heavy atom. The van der Waals surface area contributed by atoms with E-state index in [4.69, 9.17) is 14.6 Å². The largest absolute Gasteiger partial charge is 0.456 e. The third-order valence-electron chi connectivity index (χ3n) is 14.0. The molecule has 0 saturated heterocycles. The van der Waals surface area contributed by atoms with Gasteiger partial charge in [-0.25, -0.2) is 0 Å². The van der Waals surface area contributed by atoms with Gasteiger partial charge in [-0.1, -0.05) is 121 Å². The van der Waals surface area contributed by atoms with Crippen molar-refractivity contribution in [1.29, 1.82) is 0 Å². The Balaban J connectivity index is 1.12. The molecule has 4 nitrogen and oxygen atoms in total. The molecule has 9 aromatic carbocycles. The van der Waals surface area contributed by atoms with E-state index in [0.29, 0.717) is 0 Å². The van der Waals surface area contributed by atoms with Crippen LogP contribution in [0, 0.1) is 6.92 Å². The summed E-state index contributed by atoms with van der Waals surface area (Å²) in [5, 5.41) is 9.55. The zero-order chi connectivity index (χ0) is 41.5. The maximum Gasteiger partial charge on any atom is 0.135 e. The van der Waals surface area contributed by atoms with Gasteiger partial charge in [0.25, 0.3) is 0 Å². The van der Waals surface area contributed by atoms with Crippen LogP contribution in [0.4, 0.5) is 5.69 Å². The highest BCUT2D eigenvalue weighted by atomic mass is 16.3. The van der Waals surface area contributed by atoms with Crippen LogP contribution in [0.2, 0.25) is 0 Å². The summed E-state index contributed by atoms with van der Waals surface area (Å²) in [5.41, 5.74) is 27.1. The van der Waals surface area contributed by atoms with E-state index in [1.54, 1.807) is 0 Å². The molecule has 0 fully saturated rings. The second kappa shape index (κ2) is 12.7. The normalized spacial score (nSPS) is 13.0. The summed E-state index contributed by atoms with van der Waals surface area (Å²) in [4.78, 5) is 0. The number of hydrogen-bond acceptors (Lipinski definition) is 3. The molecule has 3 heterocycles. The number of anilines is 1. The lowest BCUT2D eigenvalue weighted by Crippen LogP contribution is -2.01. The molecule has 3 aromatic heterocycles. The third kappa shape index (κ3) is 4.70. The number of furan rings is 2. The number of aromatic nitrogens is 1. The number of nitrogens with zero attached hydrogens (tertiary/aromatic N) is 1. The predicted octanol–water partition coefficient (Wildman–Crippen LogP) is 16.1. The van der Waals surface area contributed by atoms with E-state index in [1.807, 2.05) is 18.2 Å². The number of aryl methyl sites for hydroxylation is 2. The summed E-state index contributed by atoms with van der Waals surface area (Å²) >= 11 is 0. The number of nitrogens with two attached hydrogens (primary N) is 1. The van der Waals surface area contributed by atoms with Gasteiger partial charge in [0.15, 0.2) is 0 Å². The first-order valence-corrected chi connectivity index (χ1v) is 21.8. The lowest BCUT2D eigenvalue weighted by Gasteiger charge is -2.20. The van der Waals surface area contributed by atoms with Gasteiger partial charge in [0, 0.05) is 43.7 Å². The number of allylic oxidation sites excluding steroid dienone is 1. The van der Waals surface area contributed by atoms with Crippen LogP contribution in [-0.4, -0.2) is 4.57 Å². The fraction of sp³-hybridized carbons (Fsp3) is 0.0508. The molecule has 0 spiro atoms. The molecular weight excluding hydrogens is 769 g/mol. The van der Waals surface area contributed by atoms with E-state index in [-0.39, 0.29) is 0 Å². The summed E-state index contributed by atoms with van der Waals surface area (Å²) in [6.45, 7) is 2.23. The van der Waals surface area contributed by atoms with Gasteiger partial charge in [0.2, 0.25) is 0 Å². The van der Waals surface area contributed by atoms with E-state index in [2.05, 4.69) is 169 Å². The van der Waals surface area contributed by atoms with E-state index in [9.17, 15) is 0 Å². The fourth-order valence-corrected chi connectivity index (χ4v) is 11.3. The van der Waals surface area contributed by atoms with Crippen molar-refractivity contribution in [3.63, 3.8) is 0 Å². The van der Waals surface area contributed by atoms with Crippen LogP contribution in [0.25, 0.3) is 133 Å². The maximum absolute atomic E-state index is 6.81. The first-order valence-electron chi connectivity index (χ1n) is 21.8. The van der Waals surface area contributed by atoms with Crippen LogP contribution in [0.3, 0.4) is 0 Å². The highest BCUT2D eigenvalue weighted by Crippen LogP contribution is 2.59. The van der Waals surface area contributed by atoms with Crippen LogP contribution in [0.15, 0.2) is 179 Å². The molecule has 2 N–H and O–H groups in total. The molecule has 2 aliphatic carbocycles. The molecule has 12 aromatic rings. The monoisotopic (exact) mass is 806 g/mol. The molecule has 0 aliphatic heterocycles. The Morgan fingerprint density at radius 1 is 0.492 bits per heavy atom. The van der Waals surface area contributed by atoms with E-state index in [1.165, 1.54) is 82.4 Å². The summed E-state index contributed by atoms with van der Waals surface area (Å²) in [7, 11) is 0. The van der Waals surface area contributed by atoms with Crippen LogP contribution < -0.4 is 5.73 Å². The topological polar surface area (TPSA) is 57.2 Å². The second-order valence-electron chi connectivity index (χ2n) is 17.2. The first-order chi connectivity index (χ1) is 31.1. The Labute approximate surface area is 362 Å². The Hall–Kier alpha value is -8.08. The van der Waals surface area contributed by atoms with Crippen LogP contribution in [0.1, 0.15) is 23.3 Å². The minimum Gasteiger partial charge on any atom is -0.456 e. The Kier molecular flexibility index (Phi) is 6.99. The zero-order valence-electron chi connectivity index (χ0n) is 34.5. The summed E-state index contributed by atoms with van der Waals surface area (Å²) < 4.78 is 15.3. The molecule has 0 atom stereocenters. The lowest BCUT2D eigenvalue weighted by atomic mass is 9.82. The van der Waals surface area contributed by atoms with Crippen molar-refractivity contribution in [3.05, 3.63) is 187 Å². The average Bonchev–Trinajstić information content (AvgIpc) is 4.07. The van der Waals surface area contributed by atoms with E-state index < -0.39 is 0 Å². The smallest absolute Gasteiger partial charge is 0.135 e. The van der Waals surface area contributed by atoms with Gasteiger partial charge in [0.1, 0.15) is 22.5 Å². The van der Waals surface area contributed by atoms with Crippen molar-refractivity contribution in [1.82, 2.24) is 4.57 Å². The van der Waals surface area contributed by atoms with Crippen LogP contribution in [-0.2, 0) is 6.42 Å². The Morgan fingerprint density at radius 2 is 1.11 bits per heavy atom. The SMILES string of the molecule is Cc1c(-c2ccccc2N)n(-c2ccc3c4c(cccc24)-c2c-3c(-c3ccc4oc5c(c4c3)CCC=C5)c3ccccc3c2-c2ccc3oc4ccccc4c3c2)c2ccccc12. The highest BCUT2D eigenvalue weighted by molar-refractivity contribution is 6.29. The van der Waals surface area contributed by atoms with Crippen LogP contribution in [0.5, 0.6) is 0 Å². The molecule has 0 unspecified atom stereocenters. The molecule has 2 aliphatic rings. The number of rotatable bonds is 4.